The molecule has 0 bridgehead atoms. The monoisotopic (exact) mass is 545 g/mol. The summed E-state index contributed by atoms with van der Waals surface area (Å²) in [4.78, 5) is 38.9. The van der Waals surface area contributed by atoms with Gasteiger partial charge in [0.25, 0.3) is 5.91 Å². The van der Waals surface area contributed by atoms with Crippen LogP contribution in [0.5, 0.6) is 17.2 Å². The zero-order chi connectivity index (χ0) is 29.1. The van der Waals surface area contributed by atoms with Gasteiger partial charge >= 0.3 is 5.97 Å². The summed E-state index contributed by atoms with van der Waals surface area (Å²) >= 11 is 0. The lowest BCUT2D eigenvalue weighted by molar-refractivity contribution is -0.142. The fraction of sp³-hybridized carbons (Fsp3) is 0.258. The Labute approximate surface area is 230 Å². The van der Waals surface area contributed by atoms with E-state index in [-0.39, 0.29) is 45.8 Å². The molecule has 1 aromatic heterocycles. The fourth-order valence-corrected chi connectivity index (χ4v) is 4.70. The standard InChI is InChI=1S/C31H31NO8/c1-16(2)14-21-25(33)28(36)27(35)24-26(34)23(17(3)40-29(21)24)19-10-12-20(13-11-19)30(37)32-22(31(38)39-4)15-18-8-6-5-7-9-18/h5-13,16,22,33,35-36H,14-15H2,1-4H3,(H,32,37)/t22-/m1/s1. The predicted octanol–water partition coefficient (Wildman–Crippen LogP) is 4.60. The summed E-state index contributed by atoms with van der Waals surface area (Å²) < 4.78 is 10.8. The van der Waals surface area contributed by atoms with Crippen molar-refractivity contribution in [3.8, 4) is 28.4 Å². The van der Waals surface area contributed by atoms with E-state index in [2.05, 4.69) is 5.32 Å². The lowest BCUT2D eigenvalue weighted by Gasteiger charge is -2.17. The van der Waals surface area contributed by atoms with Crippen molar-refractivity contribution in [1.82, 2.24) is 5.32 Å². The number of nitrogens with one attached hydrogen (secondary N) is 1. The van der Waals surface area contributed by atoms with Gasteiger partial charge in [0.1, 0.15) is 22.8 Å². The van der Waals surface area contributed by atoms with Crippen molar-refractivity contribution in [3.63, 3.8) is 0 Å². The number of esters is 1. The first kappa shape index (κ1) is 28.2. The van der Waals surface area contributed by atoms with E-state index in [9.17, 15) is 29.7 Å². The molecule has 4 N–H and O–H groups in total. The number of phenolic OH excluding ortho intramolecular Hbond substituents is 3. The zero-order valence-electron chi connectivity index (χ0n) is 22.6. The van der Waals surface area contributed by atoms with Crippen molar-refractivity contribution in [2.75, 3.05) is 7.11 Å². The second-order valence-electron chi connectivity index (χ2n) is 10.0. The summed E-state index contributed by atoms with van der Waals surface area (Å²) in [5.41, 5.74) is 1.29. The molecule has 0 radical (unpaired) electrons. The first-order valence-corrected chi connectivity index (χ1v) is 12.8. The molecule has 1 amide bonds. The third-order valence-electron chi connectivity index (χ3n) is 6.66. The molecule has 0 saturated carbocycles. The molecule has 0 unspecified atom stereocenters. The SMILES string of the molecule is COC(=O)[C@@H](Cc1ccccc1)NC(=O)c1ccc(-c2c(C)oc3c(CC(C)C)c(O)c(O)c(O)c3c2=O)cc1. The van der Waals surface area contributed by atoms with Crippen LogP contribution in [0.15, 0.2) is 63.8 Å². The molecular formula is C31H31NO8. The lowest BCUT2D eigenvalue weighted by atomic mass is 9.95. The van der Waals surface area contributed by atoms with Crippen molar-refractivity contribution in [2.24, 2.45) is 5.92 Å². The van der Waals surface area contributed by atoms with Crippen LogP contribution in [0.4, 0.5) is 0 Å². The summed E-state index contributed by atoms with van der Waals surface area (Å²) in [5, 5.41) is 33.8. The van der Waals surface area contributed by atoms with E-state index in [0.717, 1.165) is 5.56 Å². The number of ether oxygens (including phenoxy) is 1. The number of phenols is 3. The molecular weight excluding hydrogens is 514 g/mol. The van der Waals surface area contributed by atoms with Gasteiger partial charge in [0.05, 0.1) is 12.7 Å². The van der Waals surface area contributed by atoms with Crippen LogP contribution in [0.1, 0.15) is 41.1 Å². The Morgan fingerprint density at radius 2 is 1.57 bits per heavy atom. The highest BCUT2D eigenvalue weighted by Gasteiger charge is 2.26. The molecule has 0 spiro atoms. The van der Waals surface area contributed by atoms with Crippen LogP contribution in [0, 0.1) is 12.8 Å². The smallest absolute Gasteiger partial charge is 0.328 e. The second-order valence-corrected chi connectivity index (χ2v) is 10.0. The van der Waals surface area contributed by atoms with Crippen LogP contribution in [-0.2, 0) is 22.4 Å². The second kappa shape index (κ2) is 11.5. The van der Waals surface area contributed by atoms with Crippen LogP contribution in [0.3, 0.4) is 0 Å². The highest BCUT2D eigenvalue weighted by molar-refractivity contribution is 5.98. The molecule has 0 fully saturated rings. The molecule has 0 aliphatic carbocycles. The number of benzene rings is 3. The number of methoxy groups -OCH3 is 1. The molecule has 9 heteroatoms. The molecule has 0 aliphatic rings. The Kier molecular flexibility index (Phi) is 8.13. The summed E-state index contributed by atoms with van der Waals surface area (Å²) in [6.07, 6.45) is 0.553. The van der Waals surface area contributed by atoms with Crippen LogP contribution in [0.25, 0.3) is 22.1 Å². The van der Waals surface area contributed by atoms with Crippen molar-refractivity contribution in [1.29, 1.82) is 0 Å². The highest BCUT2D eigenvalue weighted by Crippen LogP contribution is 2.45. The molecule has 0 aliphatic heterocycles. The Balaban J connectivity index is 1.68. The van der Waals surface area contributed by atoms with Gasteiger partial charge in [-0.3, -0.25) is 9.59 Å². The van der Waals surface area contributed by atoms with E-state index in [0.29, 0.717) is 12.0 Å². The van der Waals surface area contributed by atoms with E-state index < -0.39 is 40.6 Å². The van der Waals surface area contributed by atoms with Crippen molar-refractivity contribution in [3.05, 3.63) is 87.3 Å². The molecule has 3 aromatic carbocycles. The number of hydrogen-bond donors (Lipinski definition) is 4. The van der Waals surface area contributed by atoms with Gasteiger partial charge in [-0.15, -0.1) is 0 Å². The number of amides is 1. The number of carbonyl (C=O) groups excluding carboxylic acids is 2. The molecule has 40 heavy (non-hydrogen) atoms. The van der Waals surface area contributed by atoms with E-state index >= 15 is 0 Å². The molecule has 9 nitrogen and oxygen atoms in total. The van der Waals surface area contributed by atoms with Crippen LogP contribution < -0.4 is 10.7 Å². The number of carbonyl (C=O) groups is 2. The molecule has 1 heterocycles. The maximum atomic E-state index is 13.6. The minimum absolute atomic E-state index is 0.0102. The van der Waals surface area contributed by atoms with Crippen molar-refractivity contribution >= 4 is 22.8 Å². The summed E-state index contributed by atoms with van der Waals surface area (Å²) in [7, 11) is 1.25. The molecule has 1 atom stereocenters. The average molecular weight is 546 g/mol. The van der Waals surface area contributed by atoms with E-state index in [1.807, 2.05) is 44.2 Å². The largest absolute Gasteiger partial charge is 0.504 e. The van der Waals surface area contributed by atoms with Gasteiger partial charge in [-0.1, -0.05) is 56.3 Å². The summed E-state index contributed by atoms with van der Waals surface area (Å²) in [5.74, 6) is -2.86. The fourth-order valence-electron chi connectivity index (χ4n) is 4.70. The Bertz CT molecular complexity index is 1620. The zero-order valence-corrected chi connectivity index (χ0v) is 22.6. The van der Waals surface area contributed by atoms with E-state index in [1.165, 1.54) is 19.2 Å². The van der Waals surface area contributed by atoms with E-state index in [4.69, 9.17) is 9.15 Å². The van der Waals surface area contributed by atoms with E-state index in [1.54, 1.807) is 19.1 Å². The first-order chi connectivity index (χ1) is 19.0. The number of fused-ring (bicyclic) bond motifs is 1. The first-order valence-electron chi connectivity index (χ1n) is 12.8. The topological polar surface area (TPSA) is 146 Å². The summed E-state index contributed by atoms with van der Waals surface area (Å²) in [6, 6.07) is 14.4. The minimum Gasteiger partial charge on any atom is -0.504 e. The Hall–Kier alpha value is -4.79. The molecule has 4 rings (SSSR count). The van der Waals surface area contributed by atoms with Crippen molar-refractivity contribution < 1.29 is 34.1 Å². The number of hydrogen-bond acceptors (Lipinski definition) is 8. The van der Waals surface area contributed by atoms with Crippen LogP contribution in [-0.4, -0.2) is 40.3 Å². The molecule has 0 saturated heterocycles. The third kappa shape index (κ3) is 5.49. The van der Waals surface area contributed by atoms with Gasteiger partial charge in [0.15, 0.2) is 11.5 Å². The van der Waals surface area contributed by atoms with Crippen LogP contribution in [0.2, 0.25) is 0 Å². The number of rotatable bonds is 8. The lowest BCUT2D eigenvalue weighted by Crippen LogP contribution is -2.43. The predicted molar refractivity (Wildman–Crippen MR) is 150 cm³/mol. The quantitative estimate of drug-likeness (QED) is 0.186. The third-order valence-corrected chi connectivity index (χ3v) is 6.66. The molecule has 208 valence electrons. The maximum Gasteiger partial charge on any atom is 0.328 e. The Morgan fingerprint density at radius 1 is 0.925 bits per heavy atom. The van der Waals surface area contributed by atoms with Gasteiger partial charge in [0.2, 0.25) is 11.2 Å². The van der Waals surface area contributed by atoms with Gasteiger partial charge in [-0.2, -0.15) is 0 Å². The number of aryl methyl sites for hydroxylation is 1. The van der Waals surface area contributed by atoms with Crippen LogP contribution >= 0.6 is 0 Å². The van der Waals surface area contributed by atoms with Crippen molar-refractivity contribution in [2.45, 2.75) is 39.7 Å². The molecule has 4 aromatic rings. The minimum atomic E-state index is -0.901. The number of aromatic hydroxyl groups is 3. The maximum absolute atomic E-state index is 13.6. The normalized spacial score (nSPS) is 11.9. The van der Waals surface area contributed by atoms with Gasteiger partial charge < -0.3 is 29.8 Å². The Morgan fingerprint density at radius 3 is 2.17 bits per heavy atom. The van der Waals surface area contributed by atoms with Gasteiger partial charge in [-0.05, 0) is 42.5 Å². The average Bonchev–Trinajstić information content (AvgIpc) is 2.93. The van der Waals surface area contributed by atoms with Gasteiger partial charge in [-0.25, -0.2) is 4.79 Å². The highest BCUT2D eigenvalue weighted by atomic mass is 16.5. The van der Waals surface area contributed by atoms with Gasteiger partial charge in [0, 0.05) is 17.5 Å². The summed E-state index contributed by atoms with van der Waals surface area (Å²) in [6.45, 7) is 5.39.